The lowest BCUT2D eigenvalue weighted by atomic mass is 10.2. The largest absolute Gasteiger partial charge is 0.352 e. The predicted molar refractivity (Wildman–Crippen MR) is 119 cm³/mol. The first-order chi connectivity index (χ1) is 14.8. The molecule has 1 aromatic heterocycles. The van der Waals surface area contributed by atoms with Crippen LogP contribution < -0.4 is 10.0 Å². The van der Waals surface area contributed by atoms with E-state index in [1.54, 1.807) is 4.68 Å². The Kier molecular flexibility index (Phi) is 6.34. The van der Waals surface area contributed by atoms with E-state index in [-0.39, 0.29) is 26.5 Å². The molecule has 1 fully saturated rings. The first kappa shape index (κ1) is 21.8. The summed E-state index contributed by atoms with van der Waals surface area (Å²) in [6, 6.07) is 14.0. The molecule has 4 rings (SSSR count). The van der Waals surface area contributed by atoms with Gasteiger partial charge in [0.15, 0.2) is 0 Å². The van der Waals surface area contributed by atoms with Crippen molar-refractivity contribution < 1.29 is 13.2 Å². The number of aromatic nitrogens is 2. The van der Waals surface area contributed by atoms with Gasteiger partial charge in [0.05, 0.1) is 27.0 Å². The van der Waals surface area contributed by atoms with Crippen molar-refractivity contribution in [1.29, 1.82) is 0 Å². The third kappa shape index (κ3) is 5.27. The average Bonchev–Trinajstić information content (AvgIpc) is 3.40. The summed E-state index contributed by atoms with van der Waals surface area (Å²) in [5, 5.41) is 7.31. The normalized spacial score (nSPS) is 13.9. The highest BCUT2D eigenvalue weighted by molar-refractivity contribution is 7.89. The molecule has 162 valence electrons. The number of para-hydroxylation sites is 1. The number of carbonyl (C=O) groups excluding carboxylic acids is 1. The molecule has 0 bridgehead atoms. The zero-order chi connectivity index (χ0) is 22.0. The first-order valence-corrected chi connectivity index (χ1v) is 12.0. The maximum atomic E-state index is 12.6. The van der Waals surface area contributed by atoms with Crippen molar-refractivity contribution >= 4 is 39.1 Å². The molecular weight excluding hydrogens is 459 g/mol. The molecule has 0 unspecified atom stereocenters. The lowest BCUT2D eigenvalue weighted by Gasteiger charge is -2.11. The molecule has 7 nitrogen and oxygen atoms in total. The van der Waals surface area contributed by atoms with Gasteiger partial charge >= 0.3 is 0 Å². The van der Waals surface area contributed by atoms with Crippen LogP contribution in [0.2, 0.25) is 10.0 Å². The average molecular weight is 479 g/mol. The van der Waals surface area contributed by atoms with E-state index in [4.69, 9.17) is 23.2 Å². The minimum atomic E-state index is -3.82. The number of amides is 1. The Labute approximate surface area is 190 Å². The van der Waals surface area contributed by atoms with Crippen LogP contribution in [0.15, 0.2) is 59.6 Å². The highest BCUT2D eigenvalue weighted by Gasteiger charge is 2.30. The summed E-state index contributed by atoms with van der Waals surface area (Å²) in [5.74, 6) is -0.480. The van der Waals surface area contributed by atoms with E-state index in [0.717, 1.165) is 24.2 Å². The Morgan fingerprint density at radius 1 is 1.10 bits per heavy atom. The molecule has 1 saturated carbocycles. The third-order valence-corrected chi connectivity index (χ3v) is 7.08. The van der Waals surface area contributed by atoms with Crippen LogP contribution >= 0.6 is 23.2 Å². The molecule has 0 aliphatic heterocycles. The number of benzene rings is 2. The number of nitrogens with one attached hydrogen (secondary N) is 2. The topological polar surface area (TPSA) is 93.1 Å². The van der Waals surface area contributed by atoms with Crippen molar-refractivity contribution in [3.8, 4) is 5.69 Å². The predicted octanol–water partition coefficient (Wildman–Crippen LogP) is 3.59. The van der Waals surface area contributed by atoms with E-state index in [9.17, 15) is 13.2 Å². The number of hydrogen-bond donors (Lipinski definition) is 2. The molecule has 0 spiro atoms. The monoisotopic (exact) mass is 478 g/mol. The Morgan fingerprint density at radius 3 is 2.55 bits per heavy atom. The highest BCUT2D eigenvalue weighted by Crippen LogP contribution is 2.30. The molecule has 2 N–H and O–H groups in total. The Hall–Kier alpha value is -2.39. The fraction of sp³-hybridized carbons (Fsp3) is 0.238. The van der Waals surface area contributed by atoms with Gasteiger partial charge in [-0.3, -0.25) is 4.79 Å². The minimum absolute atomic E-state index is 0.0267. The second-order valence-corrected chi connectivity index (χ2v) is 9.75. The summed E-state index contributed by atoms with van der Waals surface area (Å²) < 4.78 is 29.4. The van der Waals surface area contributed by atoms with Gasteiger partial charge in [-0.15, -0.1) is 0 Å². The van der Waals surface area contributed by atoms with Crippen LogP contribution in [-0.4, -0.2) is 36.7 Å². The van der Waals surface area contributed by atoms with Gasteiger partial charge < -0.3 is 5.32 Å². The SMILES string of the molecule is O=C(NCCc1ccn(-c2ccccc2)n1)c1cc(S(=O)(=O)NC2CC2)c(Cl)cc1Cl. The molecular formula is C21H20Cl2N4O3S. The maximum absolute atomic E-state index is 12.6. The number of carbonyl (C=O) groups is 1. The summed E-state index contributed by atoms with van der Waals surface area (Å²) in [5.41, 5.74) is 1.81. The van der Waals surface area contributed by atoms with Crippen molar-refractivity contribution in [2.24, 2.45) is 0 Å². The number of nitrogens with zero attached hydrogens (tertiary/aromatic N) is 2. The van der Waals surface area contributed by atoms with Gasteiger partial charge in [-0.1, -0.05) is 41.4 Å². The molecule has 0 saturated heterocycles. The van der Waals surface area contributed by atoms with Crippen LogP contribution in [0.4, 0.5) is 0 Å². The van der Waals surface area contributed by atoms with Crippen molar-refractivity contribution in [2.45, 2.75) is 30.2 Å². The molecule has 1 amide bonds. The molecule has 0 radical (unpaired) electrons. The van der Waals surface area contributed by atoms with E-state index in [1.807, 2.05) is 42.6 Å². The van der Waals surface area contributed by atoms with Crippen LogP contribution in [0.5, 0.6) is 0 Å². The summed E-state index contributed by atoms with van der Waals surface area (Å²) >= 11 is 12.2. The van der Waals surface area contributed by atoms with Crippen molar-refractivity contribution in [3.05, 3.63) is 76.0 Å². The first-order valence-electron chi connectivity index (χ1n) is 9.73. The Balaban J connectivity index is 1.42. The Morgan fingerprint density at radius 2 is 1.84 bits per heavy atom. The fourth-order valence-electron chi connectivity index (χ4n) is 3.01. The standard InChI is InChI=1S/C21H20Cl2N4O3S/c22-18-13-19(23)20(31(29,30)26-15-6-7-15)12-17(18)21(28)24-10-8-14-9-11-27(25-14)16-4-2-1-3-5-16/h1-5,9,11-13,15,26H,6-8,10H2,(H,24,28). The van der Waals surface area contributed by atoms with Crippen LogP contribution in [0, 0.1) is 0 Å². The minimum Gasteiger partial charge on any atom is -0.352 e. The van der Waals surface area contributed by atoms with E-state index in [0.29, 0.717) is 13.0 Å². The molecule has 3 aromatic rings. The van der Waals surface area contributed by atoms with E-state index in [1.165, 1.54) is 12.1 Å². The zero-order valence-electron chi connectivity index (χ0n) is 16.4. The molecule has 1 aliphatic rings. The molecule has 1 heterocycles. The third-order valence-electron chi connectivity index (χ3n) is 4.79. The van der Waals surface area contributed by atoms with E-state index < -0.39 is 15.9 Å². The number of hydrogen-bond acceptors (Lipinski definition) is 4. The molecule has 10 heteroatoms. The van der Waals surface area contributed by atoms with E-state index in [2.05, 4.69) is 15.1 Å². The van der Waals surface area contributed by atoms with Gasteiger partial charge in [-0.2, -0.15) is 5.10 Å². The second kappa shape index (κ2) is 9.00. The molecule has 31 heavy (non-hydrogen) atoms. The lowest BCUT2D eigenvalue weighted by Crippen LogP contribution is -2.28. The van der Waals surface area contributed by atoms with Gasteiger partial charge in [0, 0.05) is 25.2 Å². The lowest BCUT2D eigenvalue weighted by molar-refractivity contribution is 0.0954. The van der Waals surface area contributed by atoms with Crippen LogP contribution in [-0.2, 0) is 16.4 Å². The van der Waals surface area contributed by atoms with Crippen molar-refractivity contribution in [3.63, 3.8) is 0 Å². The quantitative estimate of drug-likeness (QED) is 0.517. The van der Waals surface area contributed by atoms with Crippen molar-refractivity contribution in [1.82, 2.24) is 19.8 Å². The van der Waals surface area contributed by atoms with Gasteiger partial charge in [0.2, 0.25) is 10.0 Å². The maximum Gasteiger partial charge on any atom is 0.252 e. The van der Waals surface area contributed by atoms with Gasteiger partial charge in [-0.25, -0.2) is 17.8 Å². The number of halogens is 2. The summed E-state index contributed by atoms with van der Waals surface area (Å²) in [7, 11) is -3.82. The molecule has 2 aromatic carbocycles. The van der Waals surface area contributed by atoms with Crippen LogP contribution in [0.25, 0.3) is 5.69 Å². The summed E-state index contributed by atoms with van der Waals surface area (Å²) in [4.78, 5) is 12.5. The highest BCUT2D eigenvalue weighted by atomic mass is 35.5. The second-order valence-electron chi connectivity index (χ2n) is 7.25. The number of sulfonamides is 1. The summed E-state index contributed by atoms with van der Waals surface area (Å²) in [6.07, 6.45) is 3.94. The van der Waals surface area contributed by atoms with Crippen LogP contribution in [0.1, 0.15) is 28.9 Å². The summed E-state index contributed by atoms with van der Waals surface area (Å²) in [6.45, 7) is 0.312. The van der Waals surface area contributed by atoms with Gasteiger partial charge in [0.25, 0.3) is 5.91 Å². The van der Waals surface area contributed by atoms with Crippen LogP contribution in [0.3, 0.4) is 0 Å². The van der Waals surface area contributed by atoms with Crippen molar-refractivity contribution in [2.75, 3.05) is 6.54 Å². The van der Waals surface area contributed by atoms with Gasteiger partial charge in [0.1, 0.15) is 4.90 Å². The van der Waals surface area contributed by atoms with Gasteiger partial charge in [-0.05, 0) is 43.2 Å². The molecule has 0 atom stereocenters. The number of rotatable bonds is 8. The fourth-order valence-corrected chi connectivity index (χ4v) is 5.18. The smallest absolute Gasteiger partial charge is 0.252 e. The van der Waals surface area contributed by atoms with E-state index >= 15 is 0 Å². The molecule has 1 aliphatic carbocycles. The Bertz CT molecular complexity index is 1210. The zero-order valence-corrected chi connectivity index (χ0v) is 18.7.